The van der Waals surface area contributed by atoms with Gasteiger partial charge in [-0.2, -0.15) is 15.3 Å². The largest absolute Gasteiger partial charge is 0.478 e. The van der Waals surface area contributed by atoms with Crippen molar-refractivity contribution in [2.45, 2.75) is 72.3 Å². The molecule has 14 rings (SSSR count). The number of aromatic carboxylic acids is 2. The quantitative estimate of drug-likeness (QED) is 0.0547. The summed E-state index contributed by atoms with van der Waals surface area (Å²) in [6.07, 6.45) is 10.8. The molecule has 0 saturated carbocycles. The van der Waals surface area contributed by atoms with Crippen molar-refractivity contribution in [1.82, 2.24) is 103 Å². The third-order valence-corrected chi connectivity index (χ3v) is 17.8. The Hall–Kier alpha value is -9.42. The minimum atomic E-state index is -2.65. The van der Waals surface area contributed by atoms with E-state index in [0.29, 0.717) is 79.7 Å². The summed E-state index contributed by atoms with van der Waals surface area (Å²) in [5.41, 5.74) is 14.4. The van der Waals surface area contributed by atoms with E-state index in [9.17, 15) is 32.8 Å². The lowest BCUT2D eigenvalue weighted by Gasteiger charge is -2.19. The summed E-state index contributed by atoms with van der Waals surface area (Å²) in [6, 6.07) is 13.7. The zero-order chi connectivity index (χ0) is 73.9. The summed E-state index contributed by atoms with van der Waals surface area (Å²) in [5, 5.41) is 62.0. The number of Topliss-reactive ketones (excluding diaryl/α,β-unsaturated/α-hetero) is 2. The van der Waals surface area contributed by atoms with E-state index in [1.54, 1.807) is 96.1 Å². The molecule has 14 aromatic rings. The van der Waals surface area contributed by atoms with Gasteiger partial charge in [-0.3, -0.25) is 28.4 Å². The fourth-order valence-corrected chi connectivity index (χ4v) is 13.2. The molecule has 0 fully saturated rings. The fraction of sp³-hybridized carbons (Fsp3) is 0.242. The Morgan fingerprint density at radius 1 is 0.544 bits per heavy atom. The molecule has 5 N–H and O–H groups in total. The van der Waals surface area contributed by atoms with E-state index in [1.165, 1.54) is 64.9 Å². The number of carboxylic acid groups (broad SMARTS) is 2. The van der Waals surface area contributed by atoms with Crippen LogP contribution >= 0.6 is 110 Å². The number of hydrogen-bond donors (Lipinski definition) is 4. The Bertz CT molecular complexity index is 5350. The third kappa shape index (κ3) is 20.7. The van der Waals surface area contributed by atoms with Gasteiger partial charge in [-0.15, -0.1) is 66.8 Å². The van der Waals surface area contributed by atoms with Crippen LogP contribution < -0.4 is 5.73 Å². The summed E-state index contributed by atoms with van der Waals surface area (Å²) >= 11 is 16.7. The Morgan fingerprint density at radius 2 is 0.942 bits per heavy atom. The number of aryl methyl sites for hydroxylation is 5. The first-order chi connectivity index (χ1) is 48.5. The Morgan fingerprint density at radius 3 is 1.36 bits per heavy atom. The second-order valence-corrected chi connectivity index (χ2v) is 27.6. The van der Waals surface area contributed by atoms with Crippen LogP contribution in [-0.4, -0.2) is 160 Å². The van der Waals surface area contributed by atoms with Crippen LogP contribution in [0.3, 0.4) is 0 Å². The van der Waals surface area contributed by atoms with Crippen LogP contribution in [0.4, 0.5) is 14.5 Å². The number of pyridine rings is 4. The smallest absolute Gasteiger partial charge is 0.354 e. The van der Waals surface area contributed by atoms with Crippen molar-refractivity contribution in [1.29, 1.82) is 0 Å². The SMILES string of the molecule is CC(C)(C)OC(=O)Cc1ccn2nc(Br)nc2c1.CCc1csc(-c2cnn(C)c2C(=O)CO)n1.CCc1csc(-c2cnn(C)c2C(=O)O)n1.Cl.Cn1ncc(-c2nc(C(F)F)cs2)c1C(=O)Cc1ccn2nc(Br)nc2c1.Nc1ccn2nc(Br)nc2c1.O=C(O)c1ccn2nc(Br)nc2c1. The van der Waals surface area contributed by atoms with E-state index in [4.69, 9.17) is 25.8 Å². The highest BCUT2D eigenvalue weighted by Crippen LogP contribution is 2.32. The predicted molar refractivity (Wildman–Crippen MR) is 394 cm³/mol. The highest BCUT2D eigenvalue weighted by Gasteiger charge is 2.25. The molecule has 14 aromatic heterocycles. The number of rotatable bonds is 15. The molecule has 31 nitrogen and oxygen atoms in total. The fourth-order valence-electron chi connectivity index (χ4n) is 9.15. The number of nitrogen functional groups attached to an aromatic ring is 1. The molecule has 0 saturated heterocycles. The Kier molecular flexibility index (Phi) is 27.1. The van der Waals surface area contributed by atoms with Gasteiger partial charge >= 0.3 is 17.9 Å². The number of thiazole rings is 3. The number of fused-ring (bicyclic) bond motifs is 4. The minimum absolute atomic E-state index is 0. The zero-order valence-corrected chi connectivity index (χ0v) is 64.8. The maximum absolute atomic E-state index is 12.9. The van der Waals surface area contributed by atoms with Gasteiger partial charge in [-0.1, -0.05) is 13.8 Å². The normalized spacial score (nSPS) is 11.0. The van der Waals surface area contributed by atoms with Gasteiger partial charge in [-0.25, -0.2) is 71.3 Å². The van der Waals surface area contributed by atoms with Gasteiger partial charge in [0, 0.05) is 80.2 Å². The molecule has 0 radical (unpaired) electrons. The first kappa shape index (κ1) is 79.3. The summed E-state index contributed by atoms with van der Waals surface area (Å²) in [4.78, 5) is 87.0. The van der Waals surface area contributed by atoms with E-state index >= 15 is 0 Å². The number of carbonyl (C=O) groups excluding carboxylic acids is 3. The number of nitrogens with two attached hydrogens (primary N) is 1. The molecule has 103 heavy (non-hydrogen) atoms. The maximum atomic E-state index is 12.9. The number of ketones is 2. The third-order valence-electron chi connectivity index (χ3n) is 13.7. The van der Waals surface area contributed by atoms with E-state index in [1.807, 2.05) is 57.5 Å². The number of hydrogen-bond acceptors (Lipinski definition) is 25. The lowest BCUT2D eigenvalue weighted by Crippen LogP contribution is -2.24. The molecule has 0 aliphatic rings. The van der Waals surface area contributed by atoms with Crippen molar-refractivity contribution in [3.63, 3.8) is 0 Å². The number of alkyl halides is 2. The van der Waals surface area contributed by atoms with Gasteiger partial charge < -0.3 is 25.8 Å². The second-order valence-electron chi connectivity index (χ2n) is 22.2. The number of aliphatic hydroxyl groups excluding tert-OH is 1. The summed E-state index contributed by atoms with van der Waals surface area (Å²) in [7, 11) is 4.93. The van der Waals surface area contributed by atoms with Crippen LogP contribution in [0, 0.1) is 0 Å². The minimum Gasteiger partial charge on any atom is -0.478 e. The van der Waals surface area contributed by atoms with Crippen LogP contribution in [0.5, 0.6) is 0 Å². The number of esters is 1. The standard InChI is InChI=1S/C16H11BrF2N6OS.C12H14BrN3O2.C11H13N3O2S.C10H11N3O2S.C7H4BrN3O2.C6H5BrN4.ClH/c1-24-13(9(6-20-24)15-21-10(7-27-15)14(18)19)11(26)4-8-2-3-25-12(5-8)22-16(17)23-25;1-12(2,3)18-10(17)7-8-4-5-16-9(6-8)14-11(13)15-16;1-3-7-6-17-11(13-7)8-4-12-14(2)10(8)9(16)5-15;1-3-6-5-16-9(12-6)7-4-11-13(2)8(7)10(14)15;8-7-9-5-3-4(6(12)13)1-2-11(5)10-7;7-6-9-5-3-4(8)1-2-11(5)10-6;/h2-3,5-7,14H,4H2,1H3;4-6H,7H2,1-3H3;4,6,15H,3,5H2,1-2H3;4-5H,3H2,1-2H3,(H,14,15);1-3H,(H,12,13);1-3H,8H2;1H. The highest BCUT2D eigenvalue weighted by molar-refractivity contribution is 9.11. The molecule has 0 unspecified atom stereocenters. The molecule has 538 valence electrons. The number of halogens is 7. The van der Waals surface area contributed by atoms with Crippen molar-refractivity contribution in [2.24, 2.45) is 21.1 Å². The lowest BCUT2D eigenvalue weighted by molar-refractivity contribution is -0.153. The topological polar surface area (TPSA) is 394 Å². The van der Waals surface area contributed by atoms with Gasteiger partial charge in [-0.05, 0) is 151 Å². The second kappa shape index (κ2) is 35.2. The monoisotopic (exact) mass is 1740 g/mol. The molecule has 0 aliphatic carbocycles. The van der Waals surface area contributed by atoms with Crippen molar-refractivity contribution in [2.75, 3.05) is 12.3 Å². The van der Waals surface area contributed by atoms with Crippen LogP contribution in [0.15, 0.2) is 127 Å². The number of anilines is 1. The number of ether oxygens (including phenoxy) is 1. The molecular weight excluding hydrogens is 1690 g/mol. The van der Waals surface area contributed by atoms with Gasteiger partial charge in [0.2, 0.25) is 24.7 Å². The molecule has 0 bridgehead atoms. The maximum Gasteiger partial charge on any atom is 0.354 e. The van der Waals surface area contributed by atoms with Crippen LogP contribution in [0.1, 0.15) is 111 Å². The average Bonchev–Trinajstić information content (AvgIpc) is 1.68. The number of nitrogens with zero attached hydrogens (tertiary/aromatic N) is 21. The Balaban J connectivity index is 0.000000160. The first-order valence-electron chi connectivity index (χ1n) is 29.8. The molecule has 14 heterocycles. The van der Waals surface area contributed by atoms with E-state index in [2.05, 4.69) is 134 Å². The van der Waals surface area contributed by atoms with Crippen molar-refractivity contribution in [3.8, 4) is 31.7 Å². The Labute approximate surface area is 633 Å². The highest BCUT2D eigenvalue weighted by atomic mass is 79.9. The molecule has 0 spiro atoms. The van der Waals surface area contributed by atoms with Gasteiger partial charge in [0.15, 0.2) is 34.1 Å². The molecule has 0 amide bonds. The molecule has 0 atom stereocenters. The first-order valence-corrected chi connectivity index (χ1v) is 35.7. The molecule has 0 aromatic carbocycles. The van der Waals surface area contributed by atoms with Crippen LogP contribution in [-0.2, 0) is 56.4 Å². The summed E-state index contributed by atoms with van der Waals surface area (Å²) in [5.74, 6) is -2.73. The van der Waals surface area contributed by atoms with E-state index in [-0.39, 0.29) is 59.7 Å². The number of aromatic nitrogens is 21. The van der Waals surface area contributed by atoms with E-state index < -0.39 is 30.6 Å². The zero-order valence-electron chi connectivity index (χ0n) is 55.2. The molecule has 0 aliphatic heterocycles. The number of aliphatic hydroxyl groups is 1. The van der Waals surface area contributed by atoms with Gasteiger partial charge in [0.1, 0.15) is 44.3 Å². The van der Waals surface area contributed by atoms with Crippen molar-refractivity contribution >= 4 is 168 Å². The van der Waals surface area contributed by atoms with Gasteiger partial charge in [0.05, 0.1) is 58.7 Å². The molecular formula is C62H59Br4ClF2N22O9S3. The number of carboxylic acids is 2. The van der Waals surface area contributed by atoms with Crippen molar-refractivity contribution in [3.05, 3.63) is 178 Å². The predicted octanol–water partition coefficient (Wildman–Crippen LogP) is 11.9. The lowest BCUT2D eigenvalue weighted by atomic mass is 10.1. The van der Waals surface area contributed by atoms with Crippen LogP contribution in [0.25, 0.3) is 54.3 Å². The average molecular weight is 1750 g/mol. The van der Waals surface area contributed by atoms with Gasteiger partial charge in [0.25, 0.3) is 6.43 Å². The van der Waals surface area contributed by atoms with Crippen molar-refractivity contribution < 1.29 is 52.8 Å². The number of carbonyl (C=O) groups is 5. The van der Waals surface area contributed by atoms with E-state index in [0.717, 1.165) is 57.3 Å². The summed E-state index contributed by atoms with van der Waals surface area (Å²) < 4.78 is 43.5. The molecule has 41 heteroatoms. The summed E-state index contributed by atoms with van der Waals surface area (Å²) in [6.45, 7) is 9.08. The van der Waals surface area contributed by atoms with Crippen LogP contribution in [0.2, 0.25) is 0 Å².